The Morgan fingerprint density at radius 2 is 1.82 bits per heavy atom. The van der Waals surface area contributed by atoms with Gasteiger partial charge in [-0.05, 0) is 26.2 Å². The van der Waals surface area contributed by atoms with E-state index in [9.17, 15) is 24.0 Å². The Hall–Kier alpha value is -2.59. The van der Waals surface area contributed by atoms with Gasteiger partial charge in [0.25, 0.3) is 0 Å². The van der Waals surface area contributed by atoms with Gasteiger partial charge >= 0.3 is 17.9 Å². The highest BCUT2D eigenvalue weighted by Crippen LogP contribution is 2.54. The summed E-state index contributed by atoms with van der Waals surface area (Å²) in [6.07, 6.45) is -3.79. The number of rotatable bonds is 3. The molecule has 4 bridgehead atoms. The molecule has 8 unspecified atom stereocenters. The topological polar surface area (TPSA) is 135 Å². The van der Waals surface area contributed by atoms with Crippen LogP contribution < -0.4 is 0 Å². The summed E-state index contributed by atoms with van der Waals surface area (Å²) in [5, 5.41) is 0. The van der Waals surface area contributed by atoms with Crippen LogP contribution in [0.2, 0.25) is 0 Å². The minimum absolute atomic E-state index is 0.0591. The van der Waals surface area contributed by atoms with Crippen molar-refractivity contribution >= 4 is 29.5 Å². The van der Waals surface area contributed by atoms with E-state index in [2.05, 4.69) is 6.58 Å². The molecule has 10 heteroatoms. The van der Waals surface area contributed by atoms with E-state index in [0.717, 1.165) is 7.11 Å². The van der Waals surface area contributed by atoms with Gasteiger partial charge in [-0.2, -0.15) is 0 Å². The molecule has 0 spiro atoms. The van der Waals surface area contributed by atoms with Crippen LogP contribution in [0.3, 0.4) is 0 Å². The molecule has 0 aliphatic carbocycles. The van der Waals surface area contributed by atoms with Crippen molar-refractivity contribution < 1.29 is 47.7 Å². The van der Waals surface area contributed by atoms with Gasteiger partial charge in [-0.1, -0.05) is 12.2 Å². The fraction of sp³-hybridized carbons (Fsp3) is 0.696. The van der Waals surface area contributed by atoms with Crippen LogP contribution in [0, 0.1) is 11.8 Å². The lowest BCUT2D eigenvalue weighted by Crippen LogP contribution is -2.43. The molecule has 10 nitrogen and oxygen atoms in total. The molecule has 0 aromatic rings. The van der Waals surface area contributed by atoms with E-state index in [1.165, 1.54) is 6.92 Å². The highest BCUT2D eigenvalue weighted by Gasteiger charge is 2.78. The predicted octanol–water partition coefficient (Wildman–Crippen LogP) is 0.832. The number of epoxide rings is 1. The lowest BCUT2D eigenvalue weighted by molar-refractivity contribution is -0.169. The Morgan fingerprint density at radius 1 is 1.12 bits per heavy atom. The van der Waals surface area contributed by atoms with E-state index in [-0.39, 0.29) is 25.7 Å². The quantitative estimate of drug-likeness (QED) is 0.194. The fourth-order valence-corrected chi connectivity index (χ4v) is 5.35. The van der Waals surface area contributed by atoms with Crippen molar-refractivity contribution in [3.63, 3.8) is 0 Å². The molecule has 0 radical (unpaired) electrons. The highest BCUT2D eigenvalue weighted by atomic mass is 16.7. The van der Waals surface area contributed by atoms with Crippen LogP contribution >= 0.6 is 0 Å². The monoisotopic (exact) mass is 464 g/mol. The second-order valence-electron chi connectivity index (χ2n) is 9.66. The number of esters is 3. The fourth-order valence-electron chi connectivity index (χ4n) is 5.35. The first kappa shape index (κ1) is 23.6. The zero-order valence-corrected chi connectivity index (χ0v) is 19.1. The molecule has 4 aliphatic heterocycles. The van der Waals surface area contributed by atoms with E-state index in [1.807, 2.05) is 0 Å². The molecule has 4 saturated heterocycles. The van der Waals surface area contributed by atoms with Gasteiger partial charge in [0.15, 0.2) is 11.6 Å². The smallest absolute Gasteiger partial charge is 0.345 e. The van der Waals surface area contributed by atoms with Crippen LogP contribution in [0.1, 0.15) is 46.5 Å². The second kappa shape index (κ2) is 8.02. The Balaban J connectivity index is 1.76. The summed E-state index contributed by atoms with van der Waals surface area (Å²) in [6, 6.07) is 0. The normalized spacial score (nSPS) is 42.2. The summed E-state index contributed by atoms with van der Waals surface area (Å²) in [5.41, 5.74) is -1.97. The molecular formula is C23H28O10. The first-order chi connectivity index (χ1) is 15.4. The van der Waals surface area contributed by atoms with Crippen molar-refractivity contribution in [1.82, 2.24) is 0 Å². The molecule has 0 saturated carbocycles. The lowest BCUT2D eigenvalue weighted by atomic mass is 9.80. The number of hydrogen-bond acceptors (Lipinski definition) is 10. The molecule has 4 rings (SSSR count). The number of ketones is 2. The summed E-state index contributed by atoms with van der Waals surface area (Å²) in [4.78, 5) is 63.5. The maximum Gasteiger partial charge on any atom is 0.345 e. The van der Waals surface area contributed by atoms with Gasteiger partial charge in [0, 0.05) is 26.2 Å². The third-order valence-electron chi connectivity index (χ3n) is 7.05. The van der Waals surface area contributed by atoms with Gasteiger partial charge in [0.1, 0.15) is 30.3 Å². The lowest BCUT2D eigenvalue weighted by Gasteiger charge is -2.29. The van der Waals surface area contributed by atoms with Crippen molar-refractivity contribution in [2.24, 2.45) is 11.8 Å². The van der Waals surface area contributed by atoms with E-state index in [1.54, 1.807) is 13.8 Å². The van der Waals surface area contributed by atoms with Crippen molar-refractivity contribution in [3.8, 4) is 0 Å². The van der Waals surface area contributed by atoms with Crippen molar-refractivity contribution in [2.75, 3.05) is 7.11 Å². The summed E-state index contributed by atoms with van der Waals surface area (Å²) in [5.74, 6) is -5.04. The predicted molar refractivity (Wildman–Crippen MR) is 109 cm³/mol. The molecule has 180 valence electrons. The summed E-state index contributed by atoms with van der Waals surface area (Å²) in [7, 11) is 1.14. The van der Waals surface area contributed by atoms with Crippen LogP contribution in [0.4, 0.5) is 0 Å². The minimum Gasteiger partial charge on any atom is -0.468 e. The van der Waals surface area contributed by atoms with E-state index >= 15 is 0 Å². The first-order valence-electron chi connectivity index (χ1n) is 10.9. The van der Waals surface area contributed by atoms with E-state index in [0.29, 0.717) is 5.57 Å². The third-order valence-corrected chi connectivity index (χ3v) is 7.05. The van der Waals surface area contributed by atoms with Gasteiger partial charge in [-0.25, -0.2) is 4.79 Å². The molecular weight excluding hydrogens is 436 g/mol. The number of ether oxygens (including phenoxy) is 5. The molecule has 8 atom stereocenters. The third kappa shape index (κ3) is 3.89. The van der Waals surface area contributed by atoms with E-state index < -0.39 is 76.9 Å². The maximum atomic E-state index is 13.3. The summed E-state index contributed by atoms with van der Waals surface area (Å²) in [6.45, 7) is 8.51. The first-order valence-corrected chi connectivity index (χ1v) is 10.9. The van der Waals surface area contributed by atoms with Crippen LogP contribution in [0.15, 0.2) is 12.2 Å². The van der Waals surface area contributed by atoms with Crippen molar-refractivity contribution in [1.29, 1.82) is 0 Å². The average Bonchev–Trinajstić information content (AvgIpc) is 3.33. The molecule has 4 fully saturated rings. The molecule has 0 aromatic heterocycles. The average molecular weight is 464 g/mol. The van der Waals surface area contributed by atoms with Gasteiger partial charge in [0.2, 0.25) is 5.60 Å². The Kier molecular flexibility index (Phi) is 5.73. The summed E-state index contributed by atoms with van der Waals surface area (Å²) < 4.78 is 27.7. The van der Waals surface area contributed by atoms with Gasteiger partial charge in [-0.3, -0.25) is 19.2 Å². The zero-order chi connectivity index (χ0) is 24.3. The minimum atomic E-state index is -1.47. The Bertz CT molecular complexity index is 940. The van der Waals surface area contributed by atoms with Gasteiger partial charge in [0.05, 0.1) is 12.7 Å². The second-order valence-corrected chi connectivity index (χ2v) is 9.66. The Labute approximate surface area is 190 Å². The molecule has 4 heterocycles. The van der Waals surface area contributed by atoms with Gasteiger partial charge in [-0.15, -0.1) is 0 Å². The SMILES string of the molecule is C=C(C)C1CC(=O)C(C(=O)OC)C2OC(C)(CC2=O)CC2OC(=O)C3(OC23)C(OC(C)=O)C1. The maximum absolute atomic E-state index is 13.3. The highest BCUT2D eigenvalue weighted by molar-refractivity contribution is 6.05. The molecule has 33 heavy (non-hydrogen) atoms. The Morgan fingerprint density at radius 3 is 2.39 bits per heavy atom. The number of carbonyl (C=O) groups excluding carboxylic acids is 5. The van der Waals surface area contributed by atoms with Crippen molar-refractivity contribution in [3.05, 3.63) is 12.2 Å². The van der Waals surface area contributed by atoms with Crippen LogP contribution in [-0.2, 0) is 47.7 Å². The number of allylic oxidation sites excluding steroid dienone is 1. The van der Waals surface area contributed by atoms with Crippen molar-refractivity contribution in [2.45, 2.75) is 82.1 Å². The standard InChI is InChI=1S/C23H28O10/c1-10(2)12-6-13(25)17(20(27)29-5)18-14(26)8-22(4,32-18)9-15-19-23(33-19,21(28)31-15)16(7-12)30-11(3)24/h12,15-19H,1,6-9H2,2-5H3. The summed E-state index contributed by atoms with van der Waals surface area (Å²) >= 11 is 0. The number of Topliss-reactive ketones (excluding diaryl/α,β-unsaturated/α-hetero) is 2. The molecule has 0 N–H and O–H groups in total. The van der Waals surface area contributed by atoms with Crippen LogP contribution in [0.25, 0.3) is 0 Å². The van der Waals surface area contributed by atoms with Crippen LogP contribution in [-0.4, -0.2) is 72.2 Å². The molecule has 0 amide bonds. The van der Waals surface area contributed by atoms with E-state index in [4.69, 9.17) is 23.7 Å². The van der Waals surface area contributed by atoms with Crippen LogP contribution in [0.5, 0.6) is 0 Å². The largest absolute Gasteiger partial charge is 0.468 e. The number of methoxy groups -OCH3 is 1. The number of hydrogen-bond donors (Lipinski definition) is 0. The molecule has 0 aromatic carbocycles. The number of carbonyl (C=O) groups is 5. The zero-order valence-electron chi connectivity index (χ0n) is 19.1. The molecule has 4 aliphatic rings. The number of fused-ring (bicyclic) bond motifs is 2. The van der Waals surface area contributed by atoms with Gasteiger partial charge < -0.3 is 23.7 Å².